The lowest BCUT2D eigenvalue weighted by atomic mass is 9.79. The van der Waals surface area contributed by atoms with Crippen molar-refractivity contribution in [1.29, 1.82) is 0 Å². The third kappa shape index (κ3) is 4.63. The number of aliphatic hydroxyl groups excluding tert-OH is 1. The van der Waals surface area contributed by atoms with Crippen molar-refractivity contribution in [2.24, 2.45) is 5.92 Å². The largest absolute Gasteiger partial charge is 0.385 e. The van der Waals surface area contributed by atoms with Crippen molar-refractivity contribution in [3.05, 3.63) is 59.8 Å². The molecule has 7 heteroatoms. The summed E-state index contributed by atoms with van der Waals surface area (Å²) >= 11 is 0. The summed E-state index contributed by atoms with van der Waals surface area (Å²) in [7, 11) is 0. The van der Waals surface area contributed by atoms with Crippen LogP contribution in [0, 0.1) is 17.8 Å². The van der Waals surface area contributed by atoms with E-state index in [1.165, 1.54) is 12.8 Å². The molecule has 5 rings (SSSR count). The van der Waals surface area contributed by atoms with Gasteiger partial charge < -0.3 is 18.9 Å². The van der Waals surface area contributed by atoms with Gasteiger partial charge in [0.05, 0.1) is 19.8 Å². The molecule has 0 amide bonds. The first-order valence-corrected chi connectivity index (χ1v) is 11.2. The lowest BCUT2D eigenvalue weighted by molar-refractivity contribution is -0.00954. The summed E-state index contributed by atoms with van der Waals surface area (Å²) in [5.41, 5.74) is 2.76. The molecule has 0 unspecified atom stereocenters. The highest BCUT2D eigenvalue weighted by molar-refractivity contribution is 5.59. The van der Waals surface area contributed by atoms with Crippen molar-refractivity contribution in [1.82, 2.24) is 19.6 Å². The fraction of sp³-hybridized carbons (Fsp3) is 0.440. The van der Waals surface area contributed by atoms with Crippen LogP contribution in [0.25, 0.3) is 11.3 Å². The summed E-state index contributed by atoms with van der Waals surface area (Å²) < 4.78 is 12.8. The average molecular weight is 433 g/mol. The Morgan fingerprint density at radius 3 is 2.72 bits per heavy atom. The number of aliphatic hydroxyl groups is 1. The van der Waals surface area contributed by atoms with Crippen LogP contribution in [0.5, 0.6) is 0 Å². The van der Waals surface area contributed by atoms with Crippen LogP contribution in [0.3, 0.4) is 0 Å². The maximum atomic E-state index is 9.81. The zero-order valence-corrected chi connectivity index (χ0v) is 18.3. The average Bonchev–Trinajstić information content (AvgIpc) is 3.44. The monoisotopic (exact) mass is 432 g/mol. The van der Waals surface area contributed by atoms with Crippen LogP contribution < -0.4 is 0 Å². The van der Waals surface area contributed by atoms with Crippen LogP contribution in [0.15, 0.2) is 47.2 Å². The number of imidazole rings is 1. The number of morpholine rings is 1. The van der Waals surface area contributed by atoms with Crippen LogP contribution in [0.1, 0.15) is 43.0 Å². The Hall–Kier alpha value is -2.92. The van der Waals surface area contributed by atoms with Gasteiger partial charge in [0.15, 0.2) is 5.76 Å². The van der Waals surface area contributed by atoms with Gasteiger partial charge in [0.1, 0.15) is 17.6 Å². The van der Waals surface area contributed by atoms with Crippen LogP contribution >= 0.6 is 0 Å². The minimum Gasteiger partial charge on any atom is -0.385 e. The highest BCUT2D eigenvalue weighted by atomic mass is 16.5. The molecule has 1 aliphatic carbocycles. The second kappa shape index (κ2) is 9.29. The summed E-state index contributed by atoms with van der Waals surface area (Å²) in [5, 5.41) is 14.0. The zero-order valence-electron chi connectivity index (χ0n) is 18.3. The Balaban J connectivity index is 1.17. The first-order valence-electron chi connectivity index (χ1n) is 11.2. The molecule has 1 aromatic carbocycles. The SMILES string of the molecule is C[C@H](O)c1nccn1Cc1cc(-c2ccc(C#CC3CC(N4CCOCC4)C3)cc2)on1. The zero-order chi connectivity index (χ0) is 21.9. The molecular weight excluding hydrogens is 404 g/mol. The Labute approximate surface area is 188 Å². The normalized spacial score (nSPS) is 22.1. The number of benzene rings is 1. The Kier molecular flexibility index (Phi) is 6.08. The van der Waals surface area contributed by atoms with Crippen molar-refractivity contribution < 1.29 is 14.4 Å². The predicted molar refractivity (Wildman–Crippen MR) is 120 cm³/mol. The maximum absolute atomic E-state index is 9.81. The minimum atomic E-state index is -0.629. The summed E-state index contributed by atoms with van der Waals surface area (Å²) in [4.78, 5) is 6.73. The van der Waals surface area contributed by atoms with E-state index in [1.54, 1.807) is 13.1 Å². The third-order valence-corrected chi connectivity index (χ3v) is 6.28. The molecule has 3 aromatic rings. The smallest absolute Gasteiger partial charge is 0.167 e. The van der Waals surface area contributed by atoms with Crippen molar-refractivity contribution in [2.45, 2.75) is 38.5 Å². The lowest BCUT2D eigenvalue weighted by Gasteiger charge is -2.42. The Morgan fingerprint density at radius 1 is 1.19 bits per heavy atom. The van der Waals surface area contributed by atoms with Gasteiger partial charge in [-0.15, -0.1) is 0 Å². The van der Waals surface area contributed by atoms with E-state index in [9.17, 15) is 5.11 Å². The molecule has 0 bridgehead atoms. The van der Waals surface area contributed by atoms with Crippen LogP contribution in [0.2, 0.25) is 0 Å². The first-order chi connectivity index (χ1) is 15.7. The molecule has 2 aliphatic rings. The standard InChI is InChI=1S/C25H28N4O3/c1-18(30)25-26-8-9-29(25)17-22-16-24(32-27-22)21-6-4-19(5-7-21)2-3-20-14-23(15-20)28-10-12-31-13-11-28/h4-9,16,18,20,23,30H,10-15,17H2,1H3/t18-,20?,23?/m0/s1. The Bertz CT molecular complexity index is 1090. The topological polar surface area (TPSA) is 76.6 Å². The van der Waals surface area contributed by atoms with E-state index in [2.05, 4.69) is 26.9 Å². The molecule has 32 heavy (non-hydrogen) atoms. The molecule has 7 nitrogen and oxygen atoms in total. The molecule has 1 saturated carbocycles. The number of hydrogen-bond acceptors (Lipinski definition) is 6. The molecule has 2 aromatic heterocycles. The van der Waals surface area contributed by atoms with Crippen LogP contribution in [0.4, 0.5) is 0 Å². The number of ether oxygens (including phenoxy) is 1. The highest BCUT2D eigenvalue weighted by Crippen LogP contribution is 2.31. The van der Waals surface area contributed by atoms with Crippen LogP contribution in [-0.4, -0.2) is 57.1 Å². The minimum absolute atomic E-state index is 0.494. The van der Waals surface area contributed by atoms with Crippen molar-refractivity contribution in [3.8, 4) is 23.2 Å². The Morgan fingerprint density at radius 2 is 1.97 bits per heavy atom. The van der Waals surface area contributed by atoms with Gasteiger partial charge in [-0.1, -0.05) is 17.0 Å². The van der Waals surface area contributed by atoms with Crippen molar-refractivity contribution in [2.75, 3.05) is 26.3 Å². The number of hydrogen-bond donors (Lipinski definition) is 1. The van der Waals surface area contributed by atoms with Gasteiger partial charge in [-0.05, 0) is 44.0 Å². The number of nitrogens with zero attached hydrogens (tertiary/aromatic N) is 4. The van der Waals surface area contributed by atoms with Gasteiger partial charge in [0.2, 0.25) is 0 Å². The second-order valence-electron chi connectivity index (χ2n) is 8.59. The van der Waals surface area contributed by atoms with Gasteiger partial charge in [-0.3, -0.25) is 4.90 Å². The van der Waals surface area contributed by atoms with E-state index in [4.69, 9.17) is 9.26 Å². The second-order valence-corrected chi connectivity index (χ2v) is 8.59. The van der Waals surface area contributed by atoms with E-state index in [0.717, 1.165) is 43.1 Å². The fourth-order valence-electron chi connectivity index (χ4n) is 4.37. The van der Waals surface area contributed by atoms with E-state index < -0.39 is 6.10 Å². The molecule has 1 N–H and O–H groups in total. The van der Waals surface area contributed by atoms with Gasteiger partial charge in [-0.25, -0.2) is 4.98 Å². The quantitative estimate of drug-likeness (QED) is 0.625. The molecule has 1 atom stereocenters. The fourth-order valence-corrected chi connectivity index (χ4v) is 4.37. The highest BCUT2D eigenvalue weighted by Gasteiger charge is 2.33. The third-order valence-electron chi connectivity index (χ3n) is 6.28. The summed E-state index contributed by atoms with van der Waals surface area (Å²) in [6.45, 7) is 6.03. The van der Waals surface area contributed by atoms with Gasteiger partial charge in [0.25, 0.3) is 0 Å². The van der Waals surface area contributed by atoms with Gasteiger partial charge >= 0.3 is 0 Å². The first kappa shape index (κ1) is 21.0. The molecular formula is C25H28N4O3. The van der Waals surface area contributed by atoms with Gasteiger partial charge in [0, 0.05) is 54.6 Å². The molecule has 2 fully saturated rings. The molecule has 0 spiro atoms. The molecule has 1 aliphatic heterocycles. The lowest BCUT2D eigenvalue weighted by Crippen LogP contribution is -2.49. The van der Waals surface area contributed by atoms with Crippen molar-refractivity contribution >= 4 is 0 Å². The molecule has 0 radical (unpaired) electrons. The summed E-state index contributed by atoms with van der Waals surface area (Å²) in [6, 6.07) is 10.7. The van der Waals surface area contributed by atoms with Crippen molar-refractivity contribution in [3.63, 3.8) is 0 Å². The molecule has 166 valence electrons. The summed E-state index contributed by atoms with van der Waals surface area (Å²) in [5.74, 6) is 8.58. The van der Waals surface area contributed by atoms with Gasteiger partial charge in [-0.2, -0.15) is 0 Å². The molecule has 1 saturated heterocycles. The number of aromatic nitrogens is 3. The summed E-state index contributed by atoms with van der Waals surface area (Å²) in [6.07, 6.45) is 5.21. The van der Waals surface area contributed by atoms with E-state index in [1.807, 2.05) is 41.1 Å². The molecule has 3 heterocycles. The van der Waals surface area contributed by atoms with E-state index >= 15 is 0 Å². The van der Waals surface area contributed by atoms with Crippen LogP contribution in [-0.2, 0) is 11.3 Å². The van der Waals surface area contributed by atoms with E-state index in [-0.39, 0.29) is 0 Å². The van der Waals surface area contributed by atoms with E-state index in [0.29, 0.717) is 30.1 Å². The predicted octanol–water partition coefficient (Wildman–Crippen LogP) is 3.10. The maximum Gasteiger partial charge on any atom is 0.167 e. The number of rotatable bonds is 5.